The van der Waals surface area contributed by atoms with Crippen LogP contribution < -0.4 is 0 Å². The Hall–Kier alpha value is -0.490. The highest BCUT2D eigenvalue weighted by atomic mass is 79.9. The fourth-order valence-electron chi connectivity index (χ4n) is 1.29. The smallest absolute Gasteiger partial charge is 0.168 e. The van der Waals surface area contributed by atoms with Crippen molar-refractivity contribution in [3.8, 4) is 0 Å². The van der Waals surface area contributed by atoms with E-state index in [0.29, 0.717) is 17.7 Å². The second-order valence-corrected chi connectivity index (χ2v) is 4.73. The molecule has 0 aliphatic rings. The van der Waals surface area contributed by atoms with Crippen LogP contribution in [0.1, 0.15) is 16.8 Å². The average molecular weight is 340 g/mol. The van der Waals surface area contributed by atoms with Gasteiger partial charge in [0.15, 0.2) is 11.6 Å². The SMILES string of the molecule is COCCOCCC(=O)c1ccc(Br)c(Cl)c1F. The van der Waals surface area contributed by atoms with Gasteiger partial charge < -0.3 is 9.47 Å². The summed E-state index contributed by atoms with van der Waals surface area (Å²) in [6.45, 7) is 1.11. The van der Waals surface area contributed by atoms with Crippen LogP contribution in [-0.2, 0) is 9.47 Å². The molecule has 0 atom stereocenters. The zero-order valence-electron chi connectivity index (χ0n) is 9.84. The molecule has 0 saturated heterocycles. The quantitative estimate of drug-likeness (QED) is 0.433. The Balaban J connectivity index is 2.54. The molecule has 0 aromatic heterocycles. The third-order valence-electron chi connectivity index (χ3n) is 2.24. The molecular formula is C12H13BrClFO3. The predicted octanol–water partition coefficient (Wildman–Crippen LogP) is 3.48. The lowest BCUT2D eigenvalue weighted by molar-refractivity contribution is 0.0640. The molecule has 1 aromatic carbocycles. The molecule has 1 aromatic rings. The monoisotopic (exact) mass is 338 g/mol. The molecule has 6 heteroatoms. The summed E-state index contributed by atoms with van der Waals surface area (Å²) in [4.78, 5) is 11.7. The Kier molecular flexibility index (Phi) is 6.78. The van der Waals surface area contributed by atoms with Gasteiger partial charge >= 0.3 is 0 Å². The highest BCUT2D eigenvalue weighted by molar-refractivity contribution is 9.10. The van der Waals surface area contributed by atoms with Gasteiger partial charge in [-0.15, -0.1) is 0 Å². The van der Waals surface area contributed by atoms with E-state index in [0.717, 1.165) is 0 Å². The number of carbonyl (C=O) groups excluding carboxylic acids is 1. The molecule has 0 heterocycles. The maximum absolute atomic E-state index is 13.7. The number of halogens is 3. The molecule has 0 amide bonds. The van der Waals surface area contributed by atoms with E-state index in [1.165, 1.54) is 6.07 Å². The lowest BCUT2D eigenvalue weighted by Crippen LogP contribution is -2.09. The number of ether oxygens (including phenoxy) is 2. The van der Waals surface area contributed by atoms with Crippen molar-refractivity contribution >= 4 is 33.3 Å². The van der Waals surface area contributed by atoms with Gasteiger partial charge in [-0.25, -0.2) is 4.39 Å². The van der Waals surface area contributed by atoms with Gasteiger partial charge in [-0.1, -0.05) is 11.6 Å². The number of hydrogen-bond acceptors (Lipinski definition) is 3. The van der Waals surface area contributed by atoms with E-state index < -0.39 is 5.82 Å². The molecule has 0 radical (unpaired) electrons. The Morgan fingerprint density at radius 2 is 2.11 bits per heavy atom. The van der Waals surface area contributed by atoms with Crippen LogP contribution in [0, 0.1) is 5.82 Å². The third kappa shape index (κ3) is 4.31. The van der Waals surface area contributed by atoms with E-state index in [9.17, 15) is 9.18 Å². The summed E-state index contributed by atoms with van der Waals surface area (Å²) in [5.41, 5.74) is -0.0152. The summed E-state index contributed by atoms with van der Waals surface area (Å²) in [6.07, 6.45) is 0.110. The maximum atomic E-state index is 13.7. The van der Waals surface area contributed by atoms with Gasteiger partial charge in [-0.2, -0.15) is 0 Å². The summed E-state index contributed by atoms with van der Waals surface area (Å²) in [5.74, 6) is -1.03. The Morgan fingerprint density at radius 3 is 2.78 bits per heavy atom. The standard InChI is InChI=1S/C12H13BrClFO3/c1-17-6-7-18-5-4-10(16)8-2-3-9(13)11(14)12(8)15/h2-3H,4-7H2,1H3. The molecule has 18 heavy (non-hydrogen) atoms. The van der Waals surface area contributed by atoms with Crippen molar-refractivity contribution in [2.75, 3.05) is 26.9 Å². The van der Waals surface area contributed by atoms with Crippen molar-refractivity contribution in [1.29, 1.82) is 0 Å². The first kappa shape index (κ1) is 15.6. The van der Waals surface area contributed by atoms with Gasteiger partial charge in [0.05, 0.1) is 30.4 Å². The molecule has 100 valence electrons. The van der Waals surface area contributed by atoms with Crippen molar-refractivity contribution < 1.29 is 18.7 Å². The van der Waals surface area contributed by atoms with Crippen molar-refractivity contribution in [2.45, 2.75) is 6.42 Å². The molecule has 0 bridgehead atoms. The first-order valence-corrected chi connectivity index (χ1v) is 6.48. The largest absolute Gasteiger partial charge is 0.382 e. The highest BCUT2D eigenvalue weighted by Crippen LogP contribution is 2.28. The fraction of sp³-hybridized carbons (Fsp3) is 0.417. The molecule has 0 spiro atoms. The topological polar surface area (TPSA) is 35.5 Å². The third-order valence-corrected chi connectivity index (χ3v) is 3.50. The number of methoxy groups -OCH3 is 1. The minimum atomic E-state index is -0.701. The molecule has 0 saturated carbocycles. The van der Waals surface area contributed by atoms with Gasteiger partial charge in [0, 0.05) is 18.0 Å². The van der Waals surface area contributed by atoms with Gasteiger partial charge in [0.1, 0.15) is 0 Å². The molecule has 0 N–H and O–H groups in total. The van der Waals surface area contributed by atoms with E-state index in [1.807, 2.05) is 0 Å². The van der Waals surface area contributed by atoms with E-state index >= 15 is 0 Å². The van der Waals surface area contributed by atoms with Gasteiger partial charge in [0.25, 0.3) is 0 Å². The van der Waals surface area contributed by atoms with E-state index in [-0.39, 0.29) is 29.4 Å². The van der Waals surface area contributed by atoms with Gasteiger partial charge in [0.2, 0.25) is 0 Å². The van der Waals surface area contributed by atoms with Crippen LogP contribution in [0.15, 0.2) is 16.6 Å². The number of hydrogen-bond donors (Lipinski definition) is 0. The fourth-order valence-corrected chi connectivity index (χ4v) is 1.76. The summed E-state index contributed by atoms with van der Waals surface area (Å²) in [5, 5.41) is -0.0823. The number of Topliss-reactive ketones (excluding diaryl/α,β-unsaturated/α-hetero) is 1. The summed E-state index contributed by atoms with van der Waals surface area (Å²) >= 11 is 8.80. The van der Waals surface area contributed by atoms with Crippen LogP contribution in [0.25, 0.3) is 0 Å². The Labute approximate surface area is 118 Å². The first-order chi connectivity index (χ1) is 8.57. The molecule has 0 aliphatic heterocycles. The molecule has 0 unspecified atom stereocenters. The van der Waals surface area contributed by atoms with Crippen LogP contribution in [-0.4, -0.2) is 32.7 Å². The predicted molar refractivity (Wildman–Crippen MR) is 70.8 cm³/mol. The number of carbonyl (C=O) groups is 1. The normalized spacial score (nSPS) is 10.7. The van der Waals surface area contributed by atoms with Gasteiger partial charge in [-0.3, -0.25) is 4.79 Å². The molecule has 0 fully saturated rings. The van der Waals surface area contributed by atoms with Crippen LogP contribution in [0.2, 0.25) is 5.02 Å². The highest BCUT2D eigenvalue weighted by Gasteiger charge is 2.16. The number of rotatable bonds is 7. The number of benzene rings is 1. The van der Waals surface area contributed by atoms with Crippen molar-refractivity contribution in [3.63, 3.8) is 0 Å². The number of ketones is 1. The van der Waals surface area contributed by atoms with Crippen LogP contribution in [0.4, 0.5) is 4.39 Å². The van der Waals surface area contributed by atoms with Crippen molar-refractivity contribution in [3.05, 3.63) is 33.0 Å². The van der Waals surface area contributed by atoms with Crippen molar-refractivity contribution in [2.24, 2.45) is 0 Å². The Bertz CT molecular complexity index is 426. The average Bonchev–Trinajstić information content (AvgIpc) is 2.35. The molecule has 1 rings (SSSR count). The lowest BCUT2D eigenvalue weighted by atomic mass is 10.1. The second-order valence-electron chi connectivity index (χ2n) is 3.50. The molecule has 3 nitrogen and oxygen atoms in total. The first-order valence-electron chi connectivity index (χ1n) is 5.31. The molecular weight excluding hydrogens is 326 g/mol. The van der Waals surface area contributed by atoms with Gasteiger partial charge in [-0.05, 0) is 28.1 Å². The minimum Gasteiger partial charge on any atom is -0.382 e. The van der Waals surface area contributed by atoms with Crippen LogP contribution in [0.3, 0.4) is 0 Å². The summed E-state index contributed by atoms with van der Waals surface area (Å²) in [6, 6.07) is 2.95. The minimum absolute atomic E-state index is 0.0152. The van der Waals surface area contributed by atoms with Crippen molar-refractivity contribution in [1.82, 2.24) is 0 Å². The van der Waals surface area contributed by atoms with E-state index in [4.69, 9.17) is 21.1 Å². The van der Waals surface area contributed by atoms with E-state index in [2.05, 4.69) is 15.9 Å². The van der Waals surface area contributed by atoms with E-state index in [1.54, 1.807) is 13.2 Å². The second kappa shape index (κ2) is 7.84. The lowest BCUT2D eigenvalue weighted by Gasteiger charge is -2.06. The summed E-state index contributed by atoms with van der Waals surface area (Å²) in [7, 11) is 1.56. The summed E-state index contributed by atoms with van der Waals surface area (Å²) < 4.78 is 24.1. The molecule has 0 aliphatic carbocycles. The zero-order chi connectivity index (χ0) is 13.5. The zero-order valence-corrected chi connectivity index (χ0v) is 12.2. The van der Waals surface area contributed by atoms with Crippen LogP contribution in [0.5, 0.6) is 0 Å². The van der Waals surface area contributed by atoms with Crippen LogP contribution >= 0.6 is 27.5 Å². The maximum Gasteiger partial charge on any atom is 0.168 e. The Morgan fingerprint density at radius 1 is 1.39 bits per heavy atom.